The van der Waals surface area contributed by atoms with Crippen LogP contribution < -0.4 is 10.2 Å². The maximum absolute atomic E-state index is 12.5. The second-order valence-electron chi connectivity index (χ2n) is 8.51. The molecule has 126 valence electrons. The van der Waals surface area contributed by atoms with Gasteiger partial charge in [0.25, 0.3) is 0 Å². The Morgan fingerprint density at radius 1 is 1.17 bits per heavy atom. The minimum atomic E-state index is 0.0386. The largest absolute Gasteiger partial charge is 0.310 e. The van der Waals surface area contributed by atoms with Crippen LogP contribution in [0.2, 0.25) is 0 Å². The fourth-order valence-corrected chi connectivity index (χ4v) is 2.50. The average Bonchev–Trinajstić information content (AvgIpc) is 2.55. The van der Waals surface area contributed by atoms with Gasteiger partial charge in [-0.25, -0.2) is 0 Å². The Kier molecular flexibility index (Phi) is 4.95. The van der Waals surface area contributed by atoms with Gasteiger partial charge >= 0.3 is 0 Å². The molecule has 4 heteroatoms. The molecule has 1 amide bonds. The summed E-state index contributed by atoms with van der Waals surface area (Å²) in [7, 11) is 0. The first-order valence-corrected chi connectivity index (χ1v) is 8.23. The van der Waals surface area contributed by atoms with Crippen LogP contribution in [0.1, 0.15) is 52.7 Å². The summed E-state index contributed by atoms with van der Waals surface area (Å²) >= 11 is 0. The number of nitrogens with one attached hydrogen (secondary N) is 1. The van der Waals surface area contributed by atoms with E-state index in [1.54, 1.807) is 0 Å². The maximum Gasteiger partial charge on any atom is 0.248 e. The van der Waals surface area contributed by atoms with Crippen LogP contribution in [-0.2, 0) is 11.3 Å². The van der Waals surface area contributed by atoms with Gasteiger partial charge in [0, 0.05) is 30.4 Å². The average molecular weight is 315 g/mol. The number of benzodiazepines with no additional fused rings is 1. The van der Waals surface area contributed by atoms with E-state index in [9.17, 15) is 4.79 Å². The fourth-order valence-electron chi connectivity index (χ4n) is 2.50. The molecule has 1 N–H and O–H groups in total. The van der Waals surface area contributed by atoms with Gasteiger partial charge in [-0.2, -0.15) is 0 Å². The highest BCUT2D eigenvalue weighted by molar-refractivity contribution is 6.03. The third-order valence-electron chi connectivity index (χ3n) is 3.60. The van der Waals surface area contributed by atoms with Crippen molar-refractivity contribution in [3.05, 3.63) is 29.3 Å². The zero-order valence-corrected chi connectivity index (χ0v) is 15.2. The number of amides is 1. The Balaban J connectivity index is 2.33. The molecule has 2 rings (SSSR count). The van der Waals surface area contributed by atoms with Crippen molar-refractivity contribution in [2.24, 2.45) is 10.4 Å². The first-order chi connectivity index (χ1) is 10.6. The van der Waals surface area contributed by atoms with Gasteiger partial charge in [-0.05, 0) is 37.8 Å². The normalized spacial score (nSPS) is 15.6. The van der Waals surface area contributed by atoms with Gasteiger partial charge in [0.05, 0.1) is 5.69 Å². The minimum Gasteiger partial charge on any atom is -0.310 e. The van der Waals surface area contributed by atoms with Crippen LogP contribution in [0, 0.1) is 5.41 Å². The molecule has 0 saturated heterocycles. The Morgan fingerprint density at radius 3 is 2.48 bits per heavy atom. The van der Waals surface area contributed by atoms with E-state index >= 15 is 0 Å². The summed E-state index contributed by atoms with van der Waals surface area (Å²) in [4.78, 5) is 18.6. The number of aliphatic imine (C=N–C) groups is 1. The lowest BCUT2D eigenvalue weighted by molar-refractivity contribution is -0.117. The van der Waals surface area contributed by atoms with Gasteiger partial charge in [-0.3, -0.25) is 9.79 Å². The number of benzene rings is 1. The zero-order valence-electron chi connectivity index (χ0n) is 15.2. The van der Waals surface area contributed by atoms with Crippen LogP contribution in [0.3, 0.4) is 0 Å². The SMILES string of the molecule is CC(C)(C)CN1C(=O)CN=Cc2ccc(CNC(C)(C)C)cc21. The monoisotopic (exact) mass is 315 g/mol. The third kappa shape index (κ3) is 5.17. The zero-order chi connectivity index (χ0) is 17.3. The molecule has 0 spiro atoms. The molecule has 0 fully saturated rings. The lowest BCUT2D eigenvalue weighted by Crippen LogP contribution is -2.39. The molecule has 1 aromatic rings. The van der Waals surface area contributed by atoms with Gasteiger partial charge in [0.15, 0.2) is 0 Å². The third-order valence-corrected chi connectivity index (χ3v) is 3.60. The maximum atomic E-state index is 12.5. The molecule has 0 aromatic heterocycles. The van der Waals surface area contributed by atoms with E-state index in [1.165, 1.54) is 5.56 Å². The number of carbonyl (C=O) groups is 1. The molecule has 0 atom stereocenters. The molecule has 0 bridgehead atoms. The molecule has 0 unspecified atom stereocenters. The van der Waals surface area contributed by atoms with Crippen LogP contribution in [0.15, 0.2) is 23.2 Å². The topological polar surface area (TPSA) is 44.7 Å². The van der Waals surface area contributed by atoms with Crippen LogP contribution in [0.4, 0.5) is 5.69 Å². The molecular weight excluding hydrogens is 286 g/mol. The number of rotatable bonds is 3. The highest BCUT2D eigenvalue weighted by atomic mass is 16.2. The van der Waals surface area contributed by atoms with Gasteiger partial charge in [-0.15, -0.1) is 0 Å². The molecule has 1 heterocycles. The Bertz CT molecular complexity index is 606. The van der Waals surface area contributed by atoms with Crippen LogP contribution in [0.5, 0.6) is 0 Å². The Labute approximate surface area is 140 Å². The van der Waals surface area contributed by atoms with Crippen molar-refractivity contribution in [2.75, 3.05) is 18.0 Å². The van der Waals surface area contributed by atoms with Crippen molar-refractivity contribution < 1.29 is 4.79 Å². The van der Waals surface area contributed by atoms with Crippen LogP contribution in [0.25, 0.3) is 0 Å². The smallest absolute Gasteiger partial charge is 0.248 e. The first-order valence-electron chi connectivity index (χ1n) is 8.23. The standard InChI is InChI=1S/C19H29N3O/c1-18(2,3)13-22-16-9-14(10-21-19(4,5)6)7-8-15(16)11-20-12-17(22)23/h7-9,11,21H,10,12-13H2,1-6H3. The summed E-state index contributed by atoms with van der Waals surface area (Å²) in [5, 5.41) is 3.50. The number of fused-ring (bicyclic) bond motifs is 1. The minimum absolute atomic E-state index is 0.0386. The summed E-state index contributed by atoms with van der Waals surface area (Å²) in [6.45, 7) is 14.6. The van der Waals surface area contributed by atoms with E-state index in [2.05, 4.69) is 70.1 Å². The lowest BCUT2D eigenvalue weighted by Gasteiger charge is -2.30. The summed E-state index contributed by atoms with van der Waals surface area (Å²) in [6, 6.07) is 6.29. The van der Waals surface area contributed by atoms with Gasteiger partial charge in [0.1, 0.15) is 6.54 Å². The molecule has 1 aromatic carbocycles. The van der Waals surface area contributed by atoms with Gasteiger partial charge in [-0.1, -0.05) is 32.9 Å². The summed E-state index contributed by atoms with van der Waals surface area (Å²) in [6.07, 6.45) is 1.82. The molecule has 0 saturated carbocycles. The van der Waals surface area contributed by atoms with Crippen molar-refractivity contribution in [3.63, 3.8) is 0 Å². The molecular formula is C19H29N3O. The molecule has 0 aliphatic carbocycles. The molecule has 1 aliphatic rings. The van der Waals surface area contributed by atoms with E-state index < -0.39 is 0 Å². The number of hydrogen-bond acceptors (Lipinski definition) is 3. The predicted molar refractivity (Wildman–Crippen MR) is 97.3 cm³/mol. The first kappa shape index (κ1) is 17.7. The van der Waals surface area contributed by atoms with Crippen molar-refractivity contribution in [1.82, 2.24) is 5.32 Å². The molecule has 23 heavy (non-hydrogen) atoms. The number of hydrogen-bond donors (Lipinski definition) is 1. The quantitative estimate of drug-likeness (QED) is 0.929. The molecule has 0 radical (unpaired) electrons. The van der Waals surface area contributed by atoms with E-state index in [1.807, 2.05) is 11.1 Å². The fraction of sp³-hybridized carbons (Fsp3) is 0.579. The lowest BCUT2D eigenvalue weighted by atomic mass is 9.95. The van der Waals surface area contributed by atoms with E-state index in [4.69, 9.17) is 0 Å². The predicted octanol–water partition coefficient (Wildman–Crippen LogP) is 3.39. The van der Waals surface area contributed by atoms with Gasteiger partial charge in [0.2, 0.25) is 5.91 Å². The molecule has 4 nitrogen and oxygen atoms in total. The number of carbonyl (C=O) groups excluding carboxylic acids is 1. The van der Waals surface area contributed by atoms with E-state index in [0.29, 0.717) is 6.54 Å². The molecule has 1 aliphatic heterocycles. The van der Waals surface area contributed by atoms with Crippen molar-refractivity contribution in [1.29, 1.82) is 0 Å². The summed E-state index contributed by atoms with van der Waals surface area (Å²) in [5.74, 6) is 0.0656. The van der Waals surface area contributed by atoms with Crippen LogP contribution >= 0.6 is 0 Å². The van der Waals surface area contributed by atoms with Crippen molar-refractivity contribution >= 4 is 17.8 Å². The van der Waals surface area contributed by atoms with E-state index in [-0.39, 0.29) is 23.4 Å². The van der Waals surface area contributed by atoms with Gasteiger partial charge < -0.3 is 10.2 Å². The highest BCUT2D eigenvalue weighted by Crippen LogP contribution is 2.27. The van der Waals surface area contributed by atoms with Crippen molar-refractivity contribution in [2.45, 2.75) is 53.6 Å². The Morgan fingerprint density at radius 2 is 1.87 bits per heavy atom. The number of nitrogens with zero attached hydrogens (tertiary/aromatic N) is 2. The van der Waals surface area contributed by atoms with Crippen molar-refractivity contribution in [3.8, 4) is 0 Å². The second-order valence-corrected chi connectivity index (χ2v) is 8.51. The number of anilines is 1. The van der Waals surface area contributed by atoms with Crippen LogP contribution in [-0.4, -0.2) is 30.8 Å². The Hall–Kier alpha value is -1.68. The summed E-state index contributed by atoms with van der Waals surface area (Å²) < 4.78 is 0. The summed E-state index contributed by atoms with van der Waals surface area (Å²) in [5.41, 5.74) is 3.27. The second kappa shape index (κ2) is 6.44. The van der Waals surface area contributed by atoms with E-state index in [0.717, 1.165) is 17.8 Å². The highest BCUT2D eigenvalue weighted by Gasteiger charge is 2.25.